The molecular formula is C14H18N2O3. The third kappa shape index (κ3) is 3.79. The molecule has 1 aromatic rings. The van der Waals surface area contributed by atoms with E-state index in [1.807, 2.05) is 0 Å². The maximum Gasteiger partial charge on any atom is 0.335 e. The molecule has 1 fully saturated rings. The van der Waals surface area contributed by atoms with Gasteiger partial charge in [-0.1, -0.05) is 0 Å². The van der Waals surface area contributed by atoms with Crippen LogP contribution in [0.5, 0.6) is 0 Å². The van der Waals surface area contributed by atoms with Gasteiger partial charge in [-0.3, -0.25) is 4.79 Å². The molecule has 1 aliphatic rings. The summed E-state index contributed by atoms with van der Waals surface area (Å²) in [5.74, 6) is -1.14. The number of aromatic carboxylic acids is 1. The molecule has 2 N–H and O–H groups in total. The lowest BCUT2D eigenvalue weighted by molar-refractivity contribution is 0.0696. The fourth-order valence-electron chi connectivity index (χ4n) is 2.20. The van der Waals surface area contributed by atoms with Gasteiger partial charge in [0.05, 0.1) is 5.56 Å². The number of nitrogens with one attached hydrogen (secondary N) is 1. The van der Waals surface area contributed by atoms with Crippen LogP contribution in [0.1, 0.15) is 33.6 Å². The first-order valence-electron chi connectivity index (χ1n) is 6.51. The van der Waals surface area contributed by atoms with Gasteiger partial charge in [-0.05, 0) is 50.2 Å². The van der Waals surface area contributed by atoms with E-state index in [-0.39, 0.29) is 11.5 Å². The summed E-state index contributed by atoms with van der Waals surface area (Å²) in [4.78, 5) is 24.8. The molecule has 1 aliphatic heterocycles. The lowest BCUT2D eigenvalue weighted by atomic mass is 10.1. The van der Waals surface area contributed by atoms with Gasteiger partial charge in [0.1, 0.15) is 0 Å². The first-order chi connectivity index (χ1) is 9.16. The molecule has 5 heteroatoms. The number of likely N-dealkylation sites (tertiary alicyclic amines) is 1. The number of carboxylic acids is 1. The predicted molar refractivity (Wildman–Crippen MR) is 71.4 cm³/mol. The van der Waals surface area contributed by atoms with Crippen LogP contribution in [0.25, 0.3) is 0 Å². The van der Waals surface area contributed by atoms with Crippen molar-refractivity contribution >= 4 is 11.9 Å². The van der Waals surface area contributed by atoms with Gasteiger partial charge in [0.25, 0.3) is 5.91 Å². The molecule has 1 amide bonds. The van der Waals surface area contributed by atoms with Crippen molar-refractivity contribution in [2.24, 2.45) is 0 Å². The monoisotopic (exact) mass is 262 g/mol. The fourth-order valence-corrected chi connectivity index (χ4v) is 2.20. The average Bonchev–Trinajstić information content (AvgIpc) is 2.92. The molecule has 0 unspecified atom stereocenters. The van der Waals surface area contributed by atoms with Crippen LogP contribution in [0.15, 0.2) is 24.3 Å². The smallest absolute Gasteiger partial charge is 0.335 e. The van der Waals surface area contributed by atoms with Crippen LogP contribution >= 0.6 is 0 Å². The van der Waals surface area contributed by atoms with Crippen LogP contribution in [0, 0.1) is 0 Å². The molecule has 5 nitrogen and oxygen atoms in total. The maximum absolute atomic E-state index is 11.8. The number of hydrogen-bond acceptors (Lipinski definition) is 3. The van der Waals surface area contributed by atoms with E-state index in [4.69, 9.17) is 5.11 Å². The van der Waals surface area contributed by atoms with Crippen LogP contribution in [0.3, 0.4) is 0 Å². The van der Waals surface area contributed by atoms with E-state index in [0.717, 1.165) is 19.6 Å². The zero-order valence-electron chi connectivity index (χ0n) is 10.8. The molecule has 0 bridgehead atoms. The van der Waals surface area contributed by atoms with Crippen molar-refractivity contribution < 1.29 is 14.7 Å². The Morgan fingerprint density at radius 2 is 1.68 bits per heavy atom. The number of carbonyl (C=O) groups excluding carboxylic acids is 1. The second kappa shape index (κ2) is 6.33. The molecule has 1 heterocycles. The number of nitrogens with zero attached hydrogens (tertiary/aromatic N) is 1. The van der Waals surface area contributed by atoms with Gasteiger partial charge < -0.3 is 15.3 Å². The number of benzene rings is 1. The Morgan fingerprint density at radius 3 is 2.26 bits per heavy atom. The van der Waals surface area contributed by atoms with E-state index >= 15 is 0 Å². The van der Waals surface area contributed by atoms with Crippen molar-refractivity contribution in [1.82, 2.24) is 10.2 Å². The van der Waals surface area contributed by atoms with Gasteiger partial charge in [0.15, 0.2) is 0 Å². The van der Waals surface area contributed by atoms with Crippen molar-refractivity contribution in [1.29, 1.82) is 0 Å². The molecule has 0 aliphatic carbocycles. The first-order valence-corrected chi connectivity index (χ1v) is 6.51. The van der Waals surface area contributed by atoms with E-state index in [2.05, 4.69) is 10.2 Å². The van der Waals surface area contributed by atoms with E-state index in [0.29, 0.717) is 12.1 Å². The standard InChI is InChI=1S/C14H18N2O3/c17-13(15-7-10-16-8-1-2-9-16)11-3-5-12(6-4-11)14(18)19/h3-6H,1-2,7-10H2,(H,15,17)(H,18,19). The molecule has 1 saturated heterocycles. The second-order valence-corrected chi connectivity index (χ2v) is 4.69. The highest BCUT2D eigenvalue weighted by atomic mass is 16.4. The molecule has 0 aromatic heterocycles. The second-order valence-electron chi connectivity index (χ2n) is 4.69. The molecular weight excluding hydrogens is 244 g/mol. The van der Waals surface area contributed by atoms with Gasteiger partial charge in [0.2, 0.25) is 0 Å². The maximum atomic E-state index is 11.8. The Labute approximate surface area is 112 Å². The van der Waals surface area contributed by atoms with E-state index < -0.39 is 5.97 Å². The van der Waals surface area contributed by atoms with E-state index in [9.17, 15) is 9.59 Å². The average molecular weight is 262 g/mol. The molecule has 1 aromatic carbocycles. The Morgan fingerprint density at radius 1 is 1.11 bits per heavy atom. The van der Waals surface area contributed by atoms with Crippen LogP contribution < -0.4 is 5.32 Å². The zero-order valence-corrected chi connectivity index (χ0v) is 10.8. The largest absolute Gasteiger partial charge is 0.478 e. The SMILES string of the molecule is O=C(O)c1ccc(C(=O)NCCN2CCCC2)cc1. The first kappa shape index (κ1) is 13.5. The zero-order chi connectivity index (χ0) is 13.7. The molecule has 19 heavy (non-hydrogen) atoms. The summed E-state index contributed by atoms with van der Waals surface area (Å²) in [6.07, 6.45) is 2.48. The lowest BCUT2D eigenvalue weighted by Gasteiger charge is -2.14. The molecule has 0 spiro atoms. The molecule has 0 saturated carbocycles. The Hall–Kier alpha value is -1.88. The topological polar surface area (TPSA) is 69.6 Å². The summed E-state index contributed by atoms with van der Waals surface area (Å²) in [7, 11) is 0. The van der Waals surface area contributed by atoms with Crippen molar-refractivity contribution in [3.63, 3.8) is 0 Å². The van der Waals surface area contributed by atoms with Crippen molar-refractivity contribution in [2.45, 2.75) is 12.8 Å². The summed E-state index contributed by atoms with van der Waals surface area (Å²) < 4.78 is 0. The van der Waals surface area contributed by atoms with Crippen LogP contribution in [-0.4, -0.2) is 48.1 Å². The van der Waals surface area contributed by atoms with Crippen molar-refractivity contribution in [3.05, 3.63) is 35.4 Å². The Balaban J connectivity index is 1.80. The summed E-state index contributed by atoms with van der Waals surface area (Å²) in [6.45, 7) is 3.73. The number of carbonyl (C=O) groups is 2. The molecule has 102 valence electrons. The van der Waals surface area contributed by atoms with Gasteiger partial charge in [0, 0.05) is 18.7 Å². The Kier molecular flexibility index (Phi) is 4.52. The van der Waals surface area contributed by atoms with E-state index in [1.54, 1.807) is 0 Å². The minimum Gasteiger partial charge on any atom is -0.478 e. The van der Waals surface area contributed by atoms with Gasteiger partial charge in [-0.2, -0.15) is 0 Å². The van der Waals surface area contributed by atoms with Crippen LogP contribution in [0.4, 0.5) is 0 Å². The van der Waals surface area contributed by atoms with Crippen molar-refractivity contribution in [3.8, 4) is 0 Å². The summed E-state index contributed by atoms with van der Waals surface area (Å²) >= 11 is 0. The minimum absolute atomic E-state index is 0.156. The van der Waals surface area contributed by atoms with Gasteiger partial charge in [-0.25, -0.2) is 4.79 Å². The summed E-state index contributed by atoms with van der Waals surface area (Å²) in [5.41, 5.74) is 0.681. The number of amides is 1. The lowest BCUT2D eigenvalue weighted by Crippen LogP contribution is -2.33. The highest BCUT2D eigenvalue weighted by molar-refractivity contribution is 5.95. The summed E-state index contributed by atoms with van der Waals surface area (Å²) in [5, 5.41) is 11.6. The number of rotatable bonds is 5. The minimum atomic E-state index is -0.985. The highest BCUT2D eigenvalue weighted by Crippen LogP contribution is 2.06. The molecule has 2 rings (SSSR count). The number of carboxylic acid groups (broad SMARTS) is 1. The van der Waals surface area contributed by atoms with Crippen LogP contribution in [0.2, 0.25) is 0 Å². The van der Waals surface area contributed by atoms with Crippen LogP contribution in [-0.2, 0) is 0 Å². The Bertz CT molecular complexity index is 450. The number of hydrogen-bond donors (Lipinski definition) is 2. The van der Waals surface area contributed by atoms with E-state index in [1.165, 1.54) is 37.1 Å². The van der Waals surface area contributed by atoms with Gasteiger partial charge >= 0.3 is 5.97 Å². The normalized spacial score (nSPS) is 15.4. The third-order valence-electron chi connectivity index (χ3n) is 3.31. The summed E-state index contributed by atoms with van der Waals surface area (Å²) in [6, 6.07) is 5.96. The molecule has 0 radical (unpaired) electrons. The van der Waals surface area contributed by atoms with Gasteiger partial charge in [-0.15, -0.1) is 0 Å². The van der Waals surface area contributed by atoms with Crippen molar-refractivity contribution in [2.75, 3.05) is 26.2 Å². The fraction of sp³-hybridized carbons (Fsp3) is 0.429. The third-order valence-corrected chi connectivity index (χ3v) is 3.31. The molecule has 0 atom stereocenters. The predicted octanol–water partition coefficient (Wildman–Crippen LogP) is 1.21. The highest BCUT2D eigenvalue weighted by Gasteiger charge is 2.12. The quantitative estimate of drug-likeness (QED) is 0.837.